The van der Waals surface area contributed by atoms with Crippen LogP contribution in [0, 0.1) is 0 Å². The van der Waals surface area contributed by atoms with Crippen molar-refractivity contribution in [1.82, 2.24) is 0 Å². The van der Waals surface area contributed by atoms with Crippen molar-refractivity contribution < 1.29 is 39.2 Å². The van der Waals surface area contributed by atoms with E-state index in [-0.39, 0.29) is 0 Å². The molecule has 0 fully saturated rings. The zero-order valence-corrected chi connectivity index (χ0v) is 8.67. The summed E-state index contributed by atoms with van der Waals surface area (Å²) in [6, 6.07) is 0. The Kier molecular flexibility index (Phi) is 4.86. The molecule has 0 aliphatic heterocycles. The van der Waals surface area contributed by atoms with E-state index in [1.54, 1.807) is 0 Å². The summed E-state index contributed by atoms with van der Waals surface area (Å²) in [5.74, 6) is -4.36. The van der Waals surface area contributed by atoms with Gasteiger partial charge in [0.2, 0.25) is 5.60 Å². The van der Waals surface area contributed by atoms with E-state index in [2.05, 4.69) is 9.47 Å². The monoisotopic (exact) mass is 236 g/mol. The molecule has 0 aliphatic rings. The van der Waals surface area contributed by atoms with Crippen LogP contribution < -0.4 is 0 Å². The number of hydrogen-bond acceptors (Lipinski definition) is 7. The molecule has 0 saturated carbocycles. The van der Waals surface area contributed by atoms with Gasteiger partial charge in [0, 0.05) is 0 Å². The lowest BCUT2D eigenvalue weighted by molar-refractivity contribution is -0.190. The molecular weight excluding hydrogens is 224 g/mol. The minimum Gasteiger partial charge on any atom is -0.481 e. The molecule has 92 valence electrons. The molecule has 3 N–H and O–H groups in total. The lowest BCUT2D eigenvalue weighted by Gasteiger charge is -2.26. The van der Waals surface area contributed by atoms with Gasteiger partial charge in [0.1, 0.15) is 0 Å². The van der Waals surface area contributed by atoms with Crippen LogP contribution in [0.15, 0.2) is 0 Å². The molecule has 0 aromatic rings. The lowest BCUT2D eigenvalue weighted by atomic mass is 9.93. The fourth-order valence-electron chi connectivity index (χ4n) is 0.994. The summed E-state index contributed by atoms with van der Waals surface area (Å²) in [4.78, 5) is 32.5. The summed E-state index contributed by atoms with van der Waals surface area (Å²) in [5.41, 5.74) is -2.87. The van der Waals surface area contributed by atoms with E-state index in [1.807, 2.05) is 0 Å². The van der Waals surface area contributed by atoms with Crippen molar-refractivity contribution >= 4 is 17.9 Å². The summed E-state index contributed by atoms with van der Waals surface area (Å²) in [6.07, 6.45) is -3.52. The van der Waals surface area contributed by atoms with E-state index in [0.717, 1.165) is 14.2 Å². The highest BCUT2D eigenvalue weighted by Gasteiger charge is 2.50. The zero-order valence-electron chi connectivity index (χ0n) is 8.67. The summed E-state index contributed by atoms with van der Waals surface area (Å²) in [6.45, 7) is 0. The first-order valence-corrected chi connectivity index (χ1v) is 4.08. The van der Waals surface area contributed by atoms with Gasteiger partial charge in [-0.05, 0) is 0 Å². The molecule has 2 atom stereocenters. The minimum absolute atomic E-state index is 0.874. The Balaban J connectivity index is 5.13. The normalized spacial score (nSPS) is 15.8. The summed E-state index contributed by atoms with van der Waals surface area (Å²) >= 11 is 0. The number of aliphatic carboxylic acids is 1. The van der Waals surface area contributed by atoms with Crippen LogP contribution in [0.1, 0.15) is 6.42 Å². The number of ether oxygens (including phenoxy) is 2. The SMILES string of the molecule is COC(=O)C(O)C(O)(CC(=O)O)C(=O)OC. The van der Waals surface area contributed by atoms with Crippen LogP contribution in [0.2, 0.25) is 0 Å². The second kappa shape index (κ2) is 5.42. The van der Waals surface area contributed by atoms with Gasteiger partial charge in [-0.1, -0.05) is 0 Å². The number of aliphatic hydroxyl groups excluding tert-OH is 1. The second-order valence-corrected chi connectivity index (χ2v) is 2.91. The smallest absolute Gasteiger partial charge is 0.341 e. The third kappa shape index (κ3) is 2.91. The average molecular weight is 236 g/mol. The van der Waals surface area contributed by atoms with E-state index in [4.69, 9.17) is 5.11 Å². The third-order valence-electron chi connectivity index (χ3n) is 1.84. The third-order valence-corrected chi connectivity index (χ3v) is 1.84. The summed E-state index contributed by atoms with van der Waals surface area (Å²) in [5, 5.41) is 27.4. The van der Waals surface area contributed by atoms with Crippen molar-refractivity contribution in [3.63, 3.8) is 0 Å². The largest absolute Gasteiger partial charge is 0.481 e. The van der Waals surface area contributed by atoms with E-state index in [0.29, 0.717) is 0 Å². The second-order valence-electron chi connectivity index (χ2n) is 2.91. The van der Waals surface area contributed by atoms with Crippen LogP contribution in [0.5, 0.6) is 0 Å². The van der Waals surface area contributed by atoms with Crippen LogP contribution in [-0.4, -0.2) is 59.2 Å². The van der Waals surface area contributed by atoms with Crippen LogP contribution in [-0.2, 0) is 23.9 Å². The van der Waals surface area contributed by atoms with Crippen molar-refractivity contribution in [1.29, 1.82) is 0 Å². The average Bonchev–Trinajstić information content (AvgIpc) is 2.24. The molecular formula is C8H12O8. The standard InChI is InChI=1S/C8H12O8/c1-15-6(12)5(11)8(14,3-4(9)10)7(13)16-2/h5,11,14H,3H2,1-2H3,(H,9,10). The van der Waals surface area contributed by atoms with Crippen molar-refractivity contribution in [3.05, 3.63) is 0 Å². The molecule has 0 bridgehead atoms. The molecule has 0 radical (unpaired) electrons. The topological polar surface area (TPSA) is 130 Å². The maximum Gasteiger partial charge on any atom is 0.341 e. The Hall–Kier alpha value is -1.67. The number of aliphatic hydroxyl groups is 2. The fraction of sp³-hybridized carbons (Fsp3) is 0.625. The molecule has 16 heavy (non-hydrogen) atoms. The summed E-state index contributed by atoms with van der Waals surface area (Å²) in [7, 11) is 1.78. The van der Waals surface area contributed by atoms with Gasteiger partial charge in [-0.25, -0.2) is 9.59 Å². The van der Waals surface area contributed by atoms with Gasteiger partial charge < -0.3 is 24.8 Å². The molecule has 2 unspecified atom stereocenters. The van der Waals surface area contributed by atoms with Crippen LogP contribution in [0.25, 0.3) is 0 Å². The zero-order chi connectivity index (χ0) is 12.9. The van der Waals surface area contributed by atoms with Crippen molar-refractivity contribution in [2.24, 2.45) is 0 Å². The Morgan fingerprint density at radius 2 is 1.75 bits per heavy atom. The van der Waals surface area contributed by atoms with Crippen LogP contribution in [0.3, 0.4) is 0 Å². The van der Waals surface area contributed by atoms with Crippen LogP contribution in [0.4, 0.5) is 0 Å². The highest BCUT2D eigenvalue weighted by Crippen LogP contribution is 2.19. The molecule has 0 heterocycles. The number of carboxylic acids is 1. The highest BCUT2D eigenvalue weighted by atomic mass is 16.6. The molecule has 0 amide bonds. The van der Waals surface area contributed by atoms with Gasteiger partial charge in [0.15, 0.2) is 6.10 Å². The van der Waals surface area contributed by atoms with Gasteiger partial charge in [-0.2, -0.15) is 0 Å². The fourth-order valence-corrected chi connectivity index (χ4v) is 0.994. The maximum absolute atomic E-state index is 11.1. The molecule has 0 saturated heterocycles. The molecule has 0 aliphatic carbocycles. The summed E-state index contributed by atoms with van der Waals surface area (Å²) < 4.78 is 8.20. The van der Waals surface area contributed by atoms with Crippen LogP contribution >= 0.6 is 0 Å². The predicted molar refractivity (Wildman–Crippen MR) is 47.2 cm³/mol. The first kappa shape index (κ1) is 14.3. The molecule has 0 aromatic carbocycles. The Morgan fingerprint density at radius 3 is 2.06 bits per heavy atom. The Morgan fingerprint density at radius 1 is 1.25 bits per heavy atom. The maximum atomic E-state index is 11.1. The van der Waals surface area contributed by atoms with E-state index < -0.39 is 36.0 Å². The van der Waals surface area contributed by atoms with E-state index in [1.165, 1.54) is 0 Å². The number of esters is 2. The highest BCUT2D eigenvalue weighted by molar-refractivity contribution is 5.92. The first-order valence-electron chi connectivity index (χ1n) is 4.08. The Bertz CT molecular complexity index is 298. The first-order chi connectivity index (χ1) is 7.29. The predicted octanol–water partition coefficient (Wildman–Crippen LogP) is -2.10. The minimum atomic E-state index is -2.87. The molecule has 0 aromatic heterocycles. The van der Waals surface area contributed by atoms with Gasteiger partial charge in [0.05, 0.1) is 20.6 Å². The molecule has 0 rings (SSSR count). The van der Waals surface area contributed by atoms with Crippen molar-refractivity contribution in [2.75, 3.05) is 14.2 Å². The number of methoxy groups -OCH3 is 2. The van der Waals surface area contributed by atoms with E-state index in [9.17, 15) is 24.6 Å². The van der Waals surface area contributed by atoms with Gasteiger partial charge in [0.25, 0.3) is 0 Å². The molecule has 0 spiro atoms. The number of carboxylic acid groups (broad SMARTS) is 1. The van der Waals surface area contributed by atoms with Gasteiger partial charge in [-0.3, -0.25) is 4.79 Å². The number of carbonyl (C=O) groups is 3. The lowest BCUT2D eigenvalue weighted by Crippen LogP contribution is -2.55. The number of hydrogen-bond donors (Lipinski definition) is 3. The molecule has 8 nitrogen and oxygen atoms in total. The number of rotatable bonds is 5. The quantitative estimate of drug-likeness (QED) is 0.462. The Labute approximate surface area is 90.4 Å². The molecule has 8 heteroatoms. The van der Waals surface area contributed by atoms with Gasteiger partial charge >= 0.3 is 17.9 Å². The van der Waals surface area contributed by atoms with Gasteiger partial charge in [-0.15, -0.1) is 0 Å². The number of carbonyl (C=O) groups excluding carboxylic acids is 2. The van der Waals surface area contributed by atoms with E-state index >= 15 is 0 Å². The van der Waals surface area contributed by atoms with Crippen molar-refractivity contribution in [2.45, 2.75) is 18.1 Å². The van der Waals surface area contributed by atoms with Crippen molar-refractivity contribution in [3.8, 4) is 0 Å².